The molecule has 4 rings (SSSR count). The first-order chi connectivity index (χ1) is 14.1. The van der Waals surface area contributed by atoms with E-state index in [2.05, 4.69) is 19.0 Å². The van der Waals surface area contributed by atoms with Crippen molar-refractivity contribution in [3.63, 3.8) is 0 Å². The number of hydrogen-bond acceptors (Lipinski definition) is 10. The molecule has 3 N–H and O–H groups in total. The quantitative estimate of drug-likeness (QED) is 0.332. The third-order valence-corrected chi connectivity index (χ3v) is 6.02. The van der Waals surface area contributed by atoms with Gasteiger partial charge < -0.3 is 28.7 Å². The van der Waals surface area contributed by atoms with E-state index in [1.165, 1.54) is 4.57 Å². The van der Waals surface area contributed by atoms with Crippen LogP contribution in [-0.2, 0) is 20.2 Å². The Hall–Kier alpha value is -2.47. The van der Waals surface area contributed by atoms with Gasteiger partial charge in [0, 0.05) is 0 Å². The van der Waals surface area contributed by atoms with Gasteiger partial charge in [-0.3, -0.25) is 14.3 Å². The van der Waals surface area contributed by atoms with E-state index in [-0.39, 0.29) is 18.1 Å². The predicted molar refractivity (Wildman–Crippen MR) is 101 cm³/mol. The Balaban J connectivity index is 1.83. The fourth-order valence-electron chi connectivity index (χ4n) is 3.33. The zero-order valence-electron chi connectivity index (χ0n) is 15.9. The van der Waals surface area contributed by atoms with Crippen LogP contribution in [0.2, 0.25) is 0 Å². The van der Waals surface area contributed by atoms with Crippen molar-refractivity contribution in [2.24, 2.45) is 0 Å². The number of aryl methyl sites for hydroxylation is 2. The van der Waals surface area contributed by atoms with Gasteiger partial charge in [-0.2, -0.15) is 4.98 Å². The minimum Gasteiger partial charge on any atom is -0.756 e. The number of nitrogens with zero attached hydrogens (tertiary/aromatic N) is 3. The molecule has 0 radical (unpaired) electrons. The fraction of sp³-hybridized carbons (Fsp3) is 0.412. The van der Waals surface area contributed by atoms with Gasteiger partial charge in [-0.05, 0) is 37.1 Å². The first-order valence-corrected chi connectivity index (χ1v) is 10.4. The third kappa shape index (κ3) is 3.69. The molecule has 160 valence electrons. The third-order valence-electron chi connectivity index (χ3n) is 5.03. The summed E-state index contributed by atoms with van der Waals surface area (Å²) in [7, 11) is -4.52. The van der Waals surface area contributed by atoms with Crippen LogP contribution in [0.15, 0.2) is 21.7 Å². The highest BCUT2D eigenvalue weighted by Gasteiger charge is 2.37. The average molecular weight is 437 g/mol. The van der Waals surface area contributed by atoms with Gasteiger partial charge in [0.2, 0.25) is 0 Å². The minimum absolute atomic E-state index is 0.0798. The maximum atomic E-state index is 12.3. The van der Waals surface area contributed by atoms with Crippen molar-refractivity contribution < 1.29 is 28.7 Å². The lowest BCUT2D eigenvalue weighted by atomic mass is 10.1. The molecule has 0 saturated carbocycles. The van der Waals surface area contributed by atoms with Gasteiger partial charge in [0.15, 0.2) is 11.5 Å². The van der Waals surface area contributed by atoms with Crippen LogP contribution in [0.25, 0.3) is 22.6 Å². The maximum Gasteiger partial charge on any atom is 0.349 e. The normalized spacial score (nSPS) is 23.8. The SMILES string of the molecule is Cc1cc2nc3c(=O)[nH]c(=O)nc-3n(C[C@H](O)[C@H](O)[C@@H]3COP(=O)([O-])O3)c2cc1C. The molecule has 0 spiro atoms. The topological polar surface area (TPSA) is 180 Å². The van der Waals surface area contributed by atoms with E-state index in [0.717, 1.165) is 11.1 Å². The Kier molecular flexibility index (Phi) is 5.09. The number of benzene rings is 1. The maximum absolute atomic E-state index is 12.3. The molecule has 3 aliphatic rings. The largest absolute Gasteiger partial charge is 0.756 e. The molecule has 0 bridgehead atoms. The second-order valence-corrected chi connectivity index (χ2v) is 8.50. The van der Waals surface area contributed by atoms with Gasteiger partial charge >= 0.3 is 5.69 Å². The molecule has 1 aromatic carbocycles. The molecule has 30 heavy (non-hydrogen) atoms. The number of aliphatic hydroxyl groups is 2. The number of aromatic nitrogens is 4. The van der Waals surface area contributed by atoms with Crippen molar-refractivity contribution in [1.29, 1.82) is 0 Å². The number of aromatic amines is 1. The highest BCUT2D eigenvalue weighted by molar-refractivity contribution is 7.46. The van der Waals surface area contributed by atoms with E-state index >= 15 is 0 Å². The van der Waals surface area contributed by atoms with Crippen molar-refractivity contribution in [3.8, 4) is 11.5 Å². The average Bonchev–Trinajstić information content (AvgIpc) is 3.03. The second kappa shape index (κ2) is 7.34. The van der Waals surface area contributed by atoms with E-state index in [1.807, 2.05) is 18.8 Å². The summed E-state index contributed by atoms with van der Waals surface area (Å²) in [6, 6.07) is 3.50. The lowest BCUT2D eigenvalue weighted by Gasteiger charge is -2.25. The van der Waals surface area contributed by atoms with Crippen molar-refractivity contribution in [2.45, 2.75) is 38.7 Å². The van der Waals surface area contributed by atoms with Gasteiger partial charge in [-0.15, -0.1) is 0 Å². The zero-order chi connectivity index (χ0) is 21.8. The molecular weight excluding hydrogens is 419 g/mol. The fourth-order valence-corrected chi connectivity index (χ4v) is 4.24. The Morgan fingerprint density at radius 2 is 2.00 bits per heavy atom. The molecule has 1 saturated heterocycles. The molecule has 0 amide bonds. The summed E-state index contributed by atoms with van der Waals surface area (Å²) in [4.78, 5) is 45.5. The predicted octanol–water partition coefficient (Wildman–Crippen LogP) is -1.19. The van der Waals surface area contributed by atoms with E-state index in [1.54, 1.807) is 12.1 Å². The summed E-state index contributed by atoms with van der Waals surface area (Å²) in [5.41, 5.74) is 0.940. The molecule has 0 aromatic heterocycles. The van der Waals surface area contributed by atoms with Crippen LogP contribution in [0, 0.1) is 13.8 Å². The molecule has 3 aliphatic heterocycles. The number of nitrogens with one attached hydrogen (secondary N) is 1. The lowest BCUT2D eigenvalue weighted by Crippen LogP contribution is -2.41. The van der Waals surface area contributed by atoms with E-state index < -0.39 is 44.0 Å². The molecule has 12 nitrogen and oxygen atoms in total. The van der Waals surface area contributed by atoms with E-state index in [4.69, 9.17) is 0 Å². The molecule has 1 unspecified atom stereocenters. The van der Waals surface area contributed by atoms with E-state index in [9.17, 15) is 29.3 Å². The molecule has 4 atom stereocenters. The number of hydrogen-bond donors (Lipinski definition) is 3. The van der Waals surface area contributed by atoms with E-state index in [0.29, 0.717) is 11.0 Å². The Morgan fingerprint density at radius 3 is 2.67 bits per heavy atom. The highest BCUT2D eigenvalue weighted by Crippen LogP contribution is 2.46. The van der Waals surface area contributed by atoms with Crippen LogP contribution in [0.3, 0.4) is 0 Å². The zero-order valence-corrected chi connectivity index (χ0v) is 16.8. The van der Waals surface area contributed by atoms with Crippen molar-refractivity contribution >= 4 is 18.9 Å². The molecule has 13 heteroatoms. The number of phosphoric ester groups is 1. The molecule has 1 fully saturated rings. The number of aliphatic hydroxyl groups excluding tert-OH is 2. The number of rotatable bonds is 4. The van der Waals surface area contributed by atoms with Crippen LogP contribution >= 0.6 is 7.82 Å². The van der Waals surface area contributed by atoms with Crippen molar-refractivity contribution in [2.75, 3.05) is 6.61 Å². The van der Waals surface area contributed by atoms with Gasteiger partial charge in [-0.1, -0.05) is 0 Å². The van der Waals surface area contributed by atoms with Crippen LogP contribution in [-0.4, -0.2) is 54.7 Å². The summed E-state index contributed by atoms with van der Waals surface area (Å²) in [6.45, 7) is 2.96. The van der Waals surface area contributed by atoms with Gasteiger partial charge in [0.1, 0.15) is 18.3 Å². The van der Waals surface area contributed by atoms with Gasteiger partial charge in [0.05, 0.1) is 24.2 Å². The molecule has 0 aliphatic carbocycles. The Morgan fingerprint density at radius 1 is 1.30 bits per heavy atom. The van der Waals surface area contributed by atoms with Crippen LogP contribution < -0.4 is 16.1 Å². The van der Waals surface area contributed by atoms with Gasteiger partial charge in [0.25, 0.3) is 13.4 Å². The molecule has 1 aromatic rings. The smallest absolute Gasteiger partial charge is 0.349 e. The molecule has 3 heterocycles. The van der Waals surface area contributed by atoms with Crippen molar-refractivity contribution in [3.05, 3.63) is 44.1 Å². The number of H-pyrrole nitrogens is 1. The minimum atomic E-state index is -4.52. The summed E-state index contributed by atoms with van der Waals surface area (Å²) in [5, 5.41) is 20.9. The summed E-state index contributed by atoms with van der Waals surface area (Å²) < 4.78 is 21.8. The highest BCUT2D eigenvalue weighted by atomic mass is 31.2. The first kappa shape index (κ1) is 20.8. The summed E-state index contributed by atoms with van der Waals surface area (Å²) in [6.07, 6.45) is -4.45. The van der Waals surface area contributed by atoms with Crippen LogP contribution in [0.4, 0.5) is 0 Å². The Labute approximate surface area is 168 Å². The standard InChI is InChI=1S/C17H19N4O8P/c1-7-3-9-10(4-8(7)2)21(15-13(18-9)16(24)20-17(25)19-15)5-11(22)14(23)12-6-28-30(26,27)29-12/h3-4,11-12,14,22-23H,5-6H2,1-2H3,(H,26,27)(H,20,24,25)/p-1/t11-,12-,14-/m0/s1. The lowest BCUT2D eigenvalue weighted by molar-refractivity contribution is -0.216. The van der Waals surface area contributed by atoms with Gasteiger partial charge in [-0.25, -0.2) is 9.78 Å². The van der Waals surface area contributed by atoms with Crippen molar-refractivity contribution in [1.82, 2.24) is 19.5 Å². The summed E-state index contributed by atoms with van der Waals surface area (Å²) >= 11 is 0. The second-order valence-electron chi connectivity index (χ2n) is 7.14. The van der Waals surface area contributed by atoms with Crippen LogP contribution in [0.1, 0.15) is 11.1 Å². The molecular formula is C17H18N4O8P-. The van der Waals surface area contributed by atoms with Crippen LogP contribution in [0.5, 0.6) is 0 Å². The monoisotopic (exact) mass is 437 g/mol. The number of fused-ring (bicyclic) bond motifs is 2. The first-order valence-electron chi connectivity index (χ1n) is 8.98. The number of phosphoric acid groups is 1. The Bertz CT molecular complexity index is 1270. The summed E-state index contributed by atoms with van der Waals surface area (Å²) in [5.74, 6) is -0.0798.